The largest absolute Gasteiger partial charge is 0.342 e. The van der Waals surface area contributed by atoms with Gasteiger partial charge in [-0.1, -0.05) is 25.1 Å². The molecule has 2 unspecified atom stereocenters. The Labute approximate surface area is 191 Å². The lowest BCUT2D eigenvalue weighted by Gasteiger charge is -2.39. The summed E-state index contributed by atoms with van der Waals surface area (Å²) in [4.78, 5) is 27.1. The van der Waals surface area contributed by atoms with Crippen molar-refractivity contribution in [2.24, 2.45) is 16.8 Å². The standard InChI is InChI=1S/C27H36N4O/c1-18(2)30-11-8-20(9-12-30)14-26(32)31-16-19(3)13-21(17-31)22-6-7-24(25-15-29-25)27-23(22)5-4-10-28-27/h4-7,10,15,18-21,25H,8-9,11-14,16-17H2,1-3H3/t19-,21?,25?/m1/s1. The fourth-order valence-electron chi connectivity index (χ4n) is 5.84. The lowest BCUT2D eigenvalue weighted by Crippen LogP contribution is -2.44. The van der Waals surface area contributed by atoms with Crippen molar-refractivity contribution in [3.05, 3.63) is 41.6 Å². The molecule has 2 saturated heterocycles. The Balaban J connectivity index is 1.30. The van der Waals surface area contributed by atoms with Crippen LogP contribution in [0.15, 0.2) is 35.5 Å². The van der Waals surface area contributed by atoms with E-state index in [4.69, 9.17) is 4.98 Å². The summed E-state index contributed by atoms with van der Waals surface area (Å²) in [7, 11) is 0. The third-order valence-corrected chi connectivity index (χ3v) is 7.75. The van der Waals surface area contributed by atoms with Crippen LogP contribution in [0.4, 0.5) is 0 Å². The second-order valence-electron chi connectivity index (χ2n) is 10.5. The van der Waals surface area contributed by atoms with Gasteiger partial charge in [-0.3, -0.25) is 14.8 Å². The number of fused-ring (bicyclic) bond motifs is 1. The van der Waals surface area contributed by atoms with Gasteiger partial charge in [-0.05, 0) is 69.7 Å². The first-order valence-electron chi connectivity index (χ1n) is 12.4. The number of hydrogen-bond donors (Lipinski definition) is 0. The summed E-state index contributed by atoms with van der Waals surface area (Å²) >= 11 is 0. The minimum absolute atomic E-state index is 0.201. The maximum atomic E-state index is 13.3. The molecule has 5 rings (SSSR count). The highest BCUT2D eigenvalue weighted by atomic mass is 16.2. The molecule has 3 aliphatic heterocycles. The molecule has 1 aromatic heterocycles. The summed E-state index contributed by atoms with van der Waals surface area (Å²) in [6.07, 6.45) is 8.00. The van der Waals surface area contributed by atoms with Gasteiger partial charge in [0.2, 0.25) is 5.91 Å². The first-order valence-corrected chi connectivity index (χ1v) is 12.4. The SMILES string of the molecule is CC(C)N1CCC(CC(=O)N2CC(c3ccc(C4C=N4)c4ncccc34)C[C@@H](C)C2)CC1. The van der Waals surface area contributed by atoms with E-state index in [1.807, 2.05) is 18.5 Å². The highest BCUT2D eigenvalue weighted by Gasteiger charge is 2.32. The van der Waals surface area contributed by atoms with Crippen LogP contribution in [0.3, 0.4) is 0 Å². The summed E-state index contributed by atoms with van der Waals surface area (Å²) in [6.45, 7) is 10.8. The minimum Gasteiger partial charge on any atom is -0.342 e. The molecule has 5 nitrogen and oxygen atoms in total. The van der Waals surface area contributed by atoms with Crippen molar-refractivity contribution in [2.75, 3.05) is 26.2 Å². The number of carbonyl (C=O) groups excluding carboxylic acids is 1. The number of benzene rings is 1. The Morgan fingerprint density at radius 2 is 1.88 bits per heavy atom. The van der Waals surface area contributed by atoms with E-state index in [1.54, 1.807) is 0 Å². The summed E-state index contributed by atoms with van der Waals surface area (Å²) in [5, 5.41) is 1.23. The average molecular weight is 433 g/mol. The number of pyridine rings is 1. The predicted molar refractivity (Wildman–Crippen MR) is 130 cm³/mol. The average Bonchev–Trinajstić information content (AvgIpc) is 3.63. The number of piperidine rings is 2. The normalized spacial score (nSPS) is 26.8. The molecule has 3 atom stereocenters. The Hall–Kier alpha value is -2.27. The highest BCUT2D eigenvalue weighted by Crippen LogP contribution is 2.38. The van der Waals surface area contributed by atoms with E-state index in [-0.39, 0.29) is 6.04 Å². The van der Waals surface area contributed by atoms with Crippen LogP contribution in [0, 0.1) is 11.8 Å². The van der Waals surface area contributed by atoms with Crippen LogP contribution in [0.1, 0.15) is 69.5 Å². The zero-order chi connectivity index (χ0) is 22.2. The van der Waals surface area contributed by atoms with E-state index in [2.05, 4.69) is 53.8 Å². The molecule has 0 spiro atoms. The molecular formula is C27H36N4O. The van der Waals surface area contributed by atoms with Crippen LogP contribution in [0.2, 0.25) is 0 Å². The van der Waals surface area contributed by atoms with Gasteiger partial charge in [0.25, 0.3) is 0 Å². The van der Waals surface area contributed by atoms with Crippen molar-refractivity contribution in [1.29, 1.82) is 0 Å². The van der Waals surface area contributed by atoms with E-state index in [0.717, 1.165) is 51.0 Å². The maximum Gasteiger partial charge on any atom is 0.222 e. The Morgan fingerprint density at radius 3 is 2.59 bits per heavy atom. The van der Waals surface area contributed by atoms with Crippen molar-refractivity contribution in [2.45, 2.75) is 64.5 Å². The molecule has 0 N–H and O–H groups in total. The molecule has 170 valence electrons. The number of hydrogen-bond acceptors (Lipinski definition) is 4. The van der Waals surface area contributed by atoms with Crippen LogP contribution in [-0.4, -0.2) is 59.1 Å². The second kappa shape index (κ2) is 8.93. The molecule has 0 saturated carbocycles. The Kier molecular flexibility index (Phi) is 6.02. The number of nitrogens with zero attached hydrogens (tertiary/aromatic N) is 4. The van der Waals surface area contributed by atoms with Gasteiger partial charge >= 0.3 is 0 Å². The summed E-state index contributed by atoms with van der Waals surface area (Å²) in [5.41, 5.74) is 3.61. The number of likely N-dealkylation sites (tertiary alicyclic amines) is 2. The van der Waals surface area contributed by atoms with Gasteiger partial charge < -0.3 is 9.80 Å². The Bertz CT molecular complexity index is 1000. The number of carbonyl (C=O) groups is 1. The van der Waals surface area contributed by atoms with Gasteiger partial charge in [0, 0.05) is 54.8 Å². The first kappa shape index (κ1) is 21.6. The highest BCUT2D eigenvalue weighted by molar-refractivity contribution is 5.92. The van der Waals surface area contributed by atoms with E-state index < -0.39 is 0 Å². The van der Waals surface area contributed by atoms with Crippen molar-refractivity contribution >= 4 is 23.0 Å². The first-order chi connectivity index (χ1) is 15.5. The Morgan fingerprint density at radius 1 is 1.12 bits per heavy atom. The van der Waals surface area contributed by atoms with Crippen LogP contribution in [0.25, 0.3) is 10.9 Å². The zero-order valence-electron chi connectivity index (χ0n) is 19.7. The number of aliphatic imine (C=N–C) groups is 1. The van der Waals surface area contributed by atoms with Crippen molar-refractivity contribution < 1.29 is 4.79 Å². The molecule has 0 radical (unpaired) electrons. The van der Waals surface area contributed by atoms with Crippen LogP contribution >= 0.6 is 0 Å². The fourth-order valence-corrected chi connectivity index (χ4v) is 5.84. The summed E-state index contributed by atoms with van der Waals surface area (Å²) in [6, 6.07) is 9.51. The zero-order valence-corrected chi connectivity index (χ0v) is 19.7. The molecule has 0 bridgehead atoms. The lowest BCUT2D eigenvalue weighted by atomic mass is 9.82. The third-order valence-electron chi connectivity index (χ3n) is 7.75. The van der Waals surface area contributed by atoms with Crippen LogP contribution in [0.5, 0.6) is 0 Å². The second-order valence-corrected chi connectivity index (χ2v) is 10.5. The number of amides is 1. The molecule has 5 heteroatoms. The smallest absolute Gasteiger partial charge is 0.222 e. The molecule has 3 aliphatic rings. The van der Waals surface area contributed by atoms with Crippen molar-refractivity contribution in [1.82, 2.24) is 14.8 Å². The molecular weight excluding hydrogens is 396 g/mol. The lowest BCUT2D eigenvalue weighted by molar-refractivity contribution is -0.134. The van der Waals surface area contributed by atoms with Gasteiger partial charge in [-0.2, -0.15) is 0 Å². The molecule has 4 heterocycles. The molecule has 1 aromatic carbocycles. The molecule has 1 amide bonds. The predicted octanol–water partition coefficient (Wildman–Crippen LogP) is 4.82. The van der Waals surface area contributed by atoms with Crippen LogP contribution < -0.4 is 0 Å². The monoisotopic (exact) mass is 432 g/mol. The summed E-state index contributed by atoms with van der Waals surface area (Å²) < 4.78 is 0. The maximum absolute atomic E-state index is 13.3. The molecule has 32 heavy (non-hydrogen) atoms. The van der Waals surface area contributed by atoms with Gasteiger partial charge in [-0.15, -0.1) is 0 Å². The molecule has 2 aromatic rings. The minimum atomic E-state index is 0.201. The van der Waals surface area contributed by atoms with E-state index in [1.165, 1.54) is 16.5 Å². The van der Waals surface area contributed by atoms with Gasteiger partial charge in [0.15, 0.2) is 0 Å². The van der Waals surface area contributed by atoms with Gasteiger partial charge in [0.1, 0.15) is 6.04 Å². The van der Waals surface area contributed by atoms with Crippen molar-refractivity contribution in [3.8, 4) is 0 Å². The third kappa shape index (κ3) is 4.45. The van der Waals surface area contributed by atoms with Crippen molar-refractivity contribution in [3.63, 3.8) is 0 Å². The van der Waals surface area contributed by atoms with Gasteiger partial charge in [0.05, 0.1) is 5.52 Å². The van der Waals surface area contributed by atoms with Crippen LogP contribution in [-0.2, 0) is 4.79 Å². The quantitative estimate of drug-likeness (QED) is 0.680. The topological polar surface area (TPSA) is 48.8 Å². The molecule has 2 fully saturated rings. The molecule has 0 aliphatic carbocycles. The number of rotatable bonds is 5. The van der Waals surface area contributed by atoms with E-state index in [9.17, 15) is 4.79 Å². The van der Waals surface area contributed by atoms with Gasteiger partial charge in [-0.25, -0.2) is 0 Å². The number of aromatic nitrogens is 1. The summed E-state index contributed by atoms with van der Waals surface area (Å²) in [5.74, 6) is 1.77. The fraction of sp³-hybridized carbons (Fsp3) is 0.593. The van der Waals surface area contributed by atoms with E-state index in [0.29, 0.717) is 36.1 Å². The van der Waals surface area contributed by atoms with E-state index >= 15 is 0 Å².